The highest BCUT2D eigenvalue weighted by Gasteiger charge is 2.22. The average Bonchev–Trinajstić information content (AvgIpc) is 3.07. The van der Waals surface area contributed by atoms with Crippen molar-refractivity contribution in [1.29, 1.82) is 0 Å². The van der Waals surface area contributed by atoms with Crippen LogP contribution in [0.1, 0.15) is 11.1 Å². The van der Waals surface area contributed by atoms with Gasteiger partial charge in [0.1, 0.15) is 6.54 Å². The second-order valence-electron chi connectivity index (χ2n) is 6.08. The number of halogens is 1. The molecular weight excluding hydrogens is 450 g/mol. The number of amides is 1. The van der Waals surface area contributed by atoms with E-state index in [1.807, 2.05) is 0 Å². The molecule has 0 saturated carbocycles. The van der Waals surface area contributed by atoms with Crippen LogP contribution in [-0.4, -0.2) is 40.1 Å². The zero-order chi connectivity index (χ0) is 20.3. The number of fused-ring (bicyclic) bond motifs is 1. The number of carbonyl (C=O) groups is 1. The molecule has 1 aliphatic rings. The van der Waals surface area contributed by atoms with Gasteiger partial charge in [-0.25, -0.2) is 13.8 Å². The number of ether oxygens (including phenoxy) is 2. The minimum absolute atomic E-state index is 0.152. The van der Waals surface area contributed by atoms with Crippen molar-refractivity contribution in [2.75, 3.05) is 23.9 Å². The van der Waals surface area contributed by atoms with E-state index in [9.17, 15) is 13.2 Å². The highest BCUT2D eigenvalue weighted by Crippen LogP contribution is 2.36. The van der Waals surface area contributed by atoms with Gasteiger partial charge in [-0.15, -0.1) is 0 Å². The Morgan fingerprint density at radius 2 is 1.96 bits per heavy atom. The Morgan fingerprint density at radius 3 is 2.64 bits per heavy atom. The maximum atomic E-state index is 12.3. The van der Waals surface area contributed by atoms with E-state index in [1.54, 1.807) is 43.3 Å². The number of para-hydroxylation sites is 1. The van der Waals surface area contributed by atoms with Crippen LogP contribution in [0.2, 0.25) is 0 Å². The number of hydrazone groups is 1. The van der Waals surface area contributed by atoms with Crippen molar-refractivity contribution >= 4 is 43.8 Å². The first-order valence-corrected chi connectivity index (χ1v) is 10.8. The molecule has 3 rings (SSSR count). The Hall–Kier alpha value is -2.59. The van der Waals surface area contributed by atoms with E-state index in [1.165, 1.54) is 6.21 Å². The van der Waals surface area contributed by atoms with Crippen LogP contribution in [0.4, 0.5) is 5.69 Å². The number of nitrogens with zero attached hydrogens (tertiary/aromatic N) is 2. The standard InChI is InChI=1S/C18H18BrN3O5S/c1-12-5-3-4-6-15(12)22(28(2,24)25)10-18(23)21-20-9-13-7-16-17(8-14(13)19)27-11-26-16/h3-9H,10-11H2,1-2H3,(H,21,23)/b20-9-. The fourth-order valence-electron chi connectivity index (χ4n) is 2.60. The molecule has 1 amide bonds. The third-order valence-electron chi connectivity index (χ3n) is 3.96. The molecule has 148 valence electrons. The van der Waals surface area contributed by atoms with Crippen LogP contribution in [0.5, 0.6) is 11.5 Å². The van der Waals surface area contributed by atoms with Crippen molar-refractivity contribution in [2.45, 2.75) is 6.92 Å². The maximum Gasteiger partial charge on any atom is 0.260 e. The number of hydrogen-bond donors (Lipinski definition) is 1. The first kappa shape index (κ1) is 20.2. The third kappa shape index (κ3) is 4.63. The minimum atomic E-state index is -3.64. The lowest BCUT2D eigenvalue weighted by atomic mass is 10.2. The molecule has 1 aliphatic heterocycles. The lowest BCUT2D eigenvalue weighted by Crippen LogP contribution is -2.39. The fraction of sp³-hybridized carbons (Fsp3) is 0.222. The normalized spacial score (nSPS) is 13.0. The molecule has 0 bridgehead atoms. The van der Waals surface area contributed by atoms with Gasteiger partial charge in [-0.2, -0.15) is 5.10 Å². The zero-order valence-corrected chi connectivity index (χ0v) is 17.6. The molecule has 0 unspecified atom stereocenters. The van der Waals surface area contributed by atoms with Gasteiger partial charge in [0.05, 0.1) is 18.2 Å². The third-order valence-corrected chi connectivity index (χ3v) is 5.77. The average molecular weight is 468 g/mol. The van der Waals surface area contributed by atoms with E-state index in [-0.39, 0.29) is 13.3 Å². The number of sulfonamides is 1. The van der Waals surface area contributed by atoms with Crippen molar-refractivity contribution in [3.8, 4) is 11.5 Å². The van der Waals surface area contributed by atoms with Gasteiger partial charge in [-0.1, -0.05) is 18.2 Å². The molecule has 2 aromatic rings. The number of hydrogen-bond acceptors (Lipinski definition) is 6. The molecule has 8 nitrogen and oxygen atoms in total. The van der Waals surface area contributed by atoms with Crippen LogP contribution in [0.25, 0.3) is 0 Å². The van der Waals surface area contributed by atoms with E-state index in [2.05, 4.69) is 26.5 Å². The summed E-state index contributed by atoms with van der Waals surface area (Å²) in [6, 6.07) is 10.4. The molecule has 0 radical (unpaired) electrons. The first-order valence-electron chi connectivity index (χ1n) is 8.20. The van der Waals surface area contributed by atoms with Gasteiger partial charge in [0, 0.05) is 10.0 Å². The second kappa shape index (κ2) is 8.19. The minimum Gasteiger partial charge on any atom is -0.454 e. The molecule has 1 heterocycles. The van der Waals surface area contributed by atoms with Gasteiger partial charge in [0.15, 0.2) is 11.5 Å². The molecule has 2 aromatic carbocycles. The monoisotopic (exact) mass is 467 g/mol. The van der Waals surface area contributed by atoms with Gasteiger partial charge in [-0.05, 0) is 46.6 Å². The molecule has 28 heavy (non-hydrogen) atoms. The van der Waals surface area contributed by atoms with E-state index in [4.69, 9.17) is 9.47 Å². The molecule has 0 aliphatic carbocycles. The van der Waals surface area contributed by atoms with Crippen molar-refractivity contribution < 1.29 is 22.7 Å². The zero-order valence-electron chi connectivity index (χ0n) is 15.2. The molecule has 0 saturated heterocycles. The van der Waals surface area contributed by atoms with Crippen LogP contribution >= 0.6 is 15.9 Å². The van der Waals surface area contributed by atoms with Crippen molar-refractivity contribution in [2.24, 2.45) is 5.10 Å². The summed E-state index contributed by atoms with van der Waals surface area (Å²) in [5.41, 5.74) is 4.21. The van der Waals surface area contributed by atoms with Crippen LogP contribution in [0, 0.1) is 6.92 Å². The van der Waals surface area contributed by atoms with Gasteiger partial charge >= 0.3 is 0 Å². The summed E-state index contributed by atoms with van der Waals surface area (Å²) in [4.78, 5) is 12.3. The van der Waals surface area contributed by atoms with Crippen molar-refractivity contribution in [3.63, 3.8) is 0 Å². The molecule has 0 spiro atoms. The predicted octanol–water partition coefficient (Wildman–Crippen LogP) is 2.40. The summed E-state index contributed by atoms with van der Waals surface area (Å²) in [5, 5.41) is 3.91. The largest absolute Gasteiger partial charge is 0.454 e. The maximum absolute atomic E-state index is 12.3. The highest BCUT2D eigenvalue weighted by atomic mass is 79.9. The second-order valence-corrected chi connectivity index (χ2v) is 8.84. The van der Waals surface area contributed by atoms with Crippen LogP contribution < -0.4 is 19.2 Å². The quantitative estimate of drug-likeness (QED) is 0.519. The van der Waals surface area contributed by atoms with Crippen LogP contribution in [0.15, 0.2) is 46.0 Å². The Labute approximate surface area is 171 Å². The summed E-state index contributed by atoms with van der Waals surface area (Å²) in [5.74, 6) is 0.635. The number of rotatable bonds is 6. The Balaban J connectivity index is 1.71. The van der Waals surface area contributed by atoms with Crippen LogP contribution in [0.3, 0.4) is 0 Å². The lowest BCUT2D eigenvalue weighted by Gasteiger charge is -2.23. The number of aryl methyl sites for hydroxylation is 1. The summed E-state index contributed by atoms with van der Waals surface area (Å²) >= 11 is 3.39. The molecule has 1 N–H and O–H groups in total. The lowest BCUT2D eigenvalue weighted by molar-refractivity contribution is -0.119. The van der Waals surface area contributed by atoms with E-state index in [0.717, 1.165) is 16.1 Å². The van der Waals surface area contributed by atoms with Gasteiger partial charge in [-0.3, -0.25) is 9.10 Å². The highest BCUT2D eigenvalue weighted by molar-refractivity contribution is 9.10. The van der Waals surface area contributed by atoms with Gasteiger partial charge in [0.25, 0.3) is 5.91 Å². The van der Waals surface area contributed by atoms with E-state index in [0.29, 0.717) is 27.2 Å². The summed E-state index contributed by atoms with van der Waals surface area (Å²) in [6.07, 6.45) is 2.49. The number of nitrogens with one attached hydrogen (secondary N) is 1. The first-order chi connectivity index (χ1) is 13.3. The number of carbonyl (C=O) groups excluding carboxylic acids is 1. The Kier molecular flexibility index (Phi) is 5.90. The van der Waals surface area contributed by atoms with Crippen molar-refractivity contribution in [3.05, 3.63) is 52.0 Å². The Bertz CT molecular complexity index is 1040. The summed E-state index contributed by atoms with van der Waals surface area (Å²) < 4.78 is 36.6. The fourth-order valence-corrected chi connectivity index (χ4v) is 3.93. The topological polar surface area (TPSA) is 97.3 Å². The van der Waals surface area contributed by atoms with E-state index < -0.39 is 15.9 Å². The Morgan fingerprint density at radius 1 is 1.29 bits per heavy atom. The summed E-state index contributed by atoms with van der Waals surface area (Å²) in [6.45, 7) is 1.55. The van der Waals surface area contributed by atoms with E-state index >= 15 is 0 Å². The smallest absolute Gasteiger partial charge is 0.260 e. The molecule has 0 atom stereocenters. The molecule has 10 heteroatoms. The SMILES string of the molecule is Cc1ccccc1N(CC(=O)N/N=C\c1cc2c(cc1Br)OCO2)S(C)(=O)=O. The van der Waals surface area contributed by atoms with Crippen molar-refractivity contribution in [1.82, 2.24) is 5.43 Å². The molecular formula is C18H18BrN3O5S. The predicted molar refractivity (Wildman–Crippen MR) is 109 cm³/mol. The van der Waals surface area contributed by atoms with Crippen LogP contribution in [-0.2, 0) is 14.8 Å². The summed E-state index contributed by atoms with van der Waals surface area (Å²) in [7, 11) is -3.64. The molecule has 0 aromatic heterocycles. The molecule has 0 fully saturated rings. The number of benzene rings is 2. The van der Waals surface area contributed by atoms with Gasteiger partial charge < -0.3 is 9.47 Å². The van der Waals surface area contributed by atoms with Gasteiger partial charge in [0.2, 0.25) is 16.8 Å². The number of anilines is 1.